The molecule has 8 nitrogen and oxygen atoms in total. The number of anilines is 1. The second kappa shape index (κ2) is 9.80. The fourth-order valence-electron chi connectivity index (χ4n) is 2.60. The van der Waals surface area contributed by atoms with Crippen molar-refractivity contribution in [3.05, 3.63) is 53.6 Å². The number of rotatable bonds is 9. The van der Waals surface area contributed by atoms with Crippen molar-refractivity contribution in [2.75, 3.05) is 24.8 Å². The second-order valence-corrected chi connectivity index (χ2v) is 7.83. The third kappa shape index (κ3) is 6.40. The zero-order valence-electron chi connectivity index (χ0n) is 16.4. The lowest BCUT2D eigenvalue weighted by Gasteiger charge is -2.21. The van der Waals surface area contributed by atoms with Gasteiger partial charge in [0.05, 0.1) is 31.1 Å². The first kappa shape index (κ1) is 22.0. The van der Waals surface area contributed by atoms with Crippen molar-refractivity contribution in [1.82, 2.24) is 4.72 Å². The number of benzene rings is 2. The summed E-state index contributed by atoms with van der Waals surface area (Å²) in [6, 6.07) is 12.4. The number of carbonyl (C=O) groups is 1. The lowest BCUT2D eigenvalue weighted by Crippen LogP contribution is -2.37. The molecule has 2 N–H and O–H groups in total. The number of carbonyl (C=O) groups excluding carboxylic acids is 1. The van der Waals surface area contributed by atoms with E-state index >= 15 is 0 Å². The average molecular weight is 417 g/mol. The summed E-state index contributed by atoms with van der Waals surface area (Å²) >= 11 is 0. The molecule has 2 rings (SSSR count). The Kier molecular flexibility index (Phi) is 7.45. The number of nitriles is 1. The number of nitrogens with one attached hydrogen (secondary N) is 2. The lowest BCUT2D eigenvalue weighted by molar-refractivity contribution is -0.120. The van der Waals surface area contributed by atoms with E-state index in [0.717, 1.165) is 6.26 Å². The van der Waals surface area contributed by atoms with Crippen LogP contribution in [0.5, 0.6) is 11.5 Å². The number of amides is 1. The van der Waals surface area contributed by atoms with E-state index in [-0.39, 0.29) is 0 Å². The highest BCUT2D eigenvalue weighted by Crippen LogP contribution is 2.32. The summed E-state index contributed by atoms with van der Waals surface area (Å²) in [5.41, 5.74) is 1.50. The Bertz CT molecular complexity index is 998. The highest BCUT2D eigenvalue weighted by Gasteiger charge is 2.24. The van der Waals surface area contributed by atoms with Gasteiger partial charge in [0.2, 0.25) is 10.0 Å². The first-order chi connectivity index (χ1) is 13.8. The molecule has 9 heteroatoms. The second-order valence-electron chi connectivity index (χ2n) is 6.08. The molecule has 2 aromatic carbocycles. The van der Waals surface area contributed by atoms with Crippen LogP contribution in [0.3, 0.4) is 0 Å². The van der Waals surface area contributed by atoms with Crippen LogP contribution in [0, 0.1) is 11.3 Å². The van der Waals surface area contributed by atoms with Crippen LogP contribution in [0.4, 0.5) is 5.69 Å². The first-order valence-corrected chi connectivity index (χ1v) is 10.8. The molecule has 2 aromatic rings. The molecule has 0 heterocycles. The average Bonchev–Trinajstić information content (AvgIpc) is 2.67. The minimum Gasteiger partial charge on any atom is -0.490 e. The third-order valence-corrected chi connectivity index (χ3v) is 4.35. The molecule has 0 aromatic heterocycles. The minimum absolute atomic E-state index is 0.396. The van der Waals surface area contributed by atoms with Gasteiger partial charge >= 0.3 is 0 Å². The molecule has 0 aliphatic rings. The maximum atomic E-state index is 12.7. The molecule has 0 spiro atoms. The largest absolute Gasteiger partial charge is 0.490 e. The molecule has 0 radical (unpaired) electrons. The van der Waals surface area contributed by atoms with Crippen molar-refractivity contribution in [2.24, 2.45) is 0 Å². The van der Waals surface area contributed by atoms with E-state index in [0.29, 0.717) is 41.5 Å². The van der Waals surface area contributed by atoms with E-state index in [9.17, 15) is 13.2 Å². The summed E-state index contributed by atoms with van der Waals surface area (Å²) in [6.45, 7) is 4.51. The van der Waals surface area contributed by atoms with Gasteiger partial charge < -0.3 is 14.8 Å². The van der Waals surface area contributed by atoms with E-state index in [1.54, 1.807) is 42.5 Å². The van der Waals surface area contributed by atoms with Crippen molar-refractivity contribution in [3.8, 4) is 17.6 Å². The number of hydrogen-bond donors (Lipinski definition) is 2. The van der Waals surface area contributed by atoms with E-state index < -0.39 is 22.0 Å². The van der Waals surface area contributed by atoms with E-state index in [1.807, 2.05) is 24.6 Å². The molecule has 0 aliphatic heterocycles. The van der Waals surface area contributed by atoms with E-state index in [4.69, 9.17) is 14.7 Å². The number of nitrogens with zero attached hydrogens (tertiary/aromatic N) is 1. The molecule has 0 saturated carbocycles. The Morgan fingerprint density at radius 1 is 1.07 bits per heavy atom. The Labute approximate surface area is 170 Å². The van der Waals surface area contributed by atoms with E-state index in [1.165, 1.54) is 0 Å². The van der Waals surface area contributed by atoms with E-state index in [2.05, 4.69) is 5.32 Å². The summed E-state index contributed by atoms with van der Waals surface area (Å²) in [5, 5.41) is 11.9. The van der Waals surface area contributed by atoms with Crippen LogP contribution in [0.2, 0.25) is 0 Å². The van der Waals surface area contributed by atoms with Gasteiger partial charge in [0.1, 0.15) is 6.04 Å². The Morgan fingerprint density at radius 2 is 1.69 bits per heavy atom. The van der Waals surface area contributed by atoms with Crippen LogP contribution in [0.25, 0.3) is 0 Å². The molecule has 154 valence electrons. The zero-order valence-corrected chi connectivity index (χ0v) is 17.2. The Balaban J connectivity index is 2.43. The highest BCUT2D eigenvalue weighted by atomic mass is 32.2. The Hall–Kier alpha value is -3.25. The quantitative estimate of drug-likeness (QED) is 0.644. The van der Waals surface area contributed by atoms with Gasteiger partial charge in [0.25, 0.3) is 5.91 Å². The van der Waals surface area contributed by atoms with Gasteiger partial charge in [-0.3, -0.25) is 9.52 Å². The van der Waals surface area contributed by atoms with Gasteiger partial charge in [-0.15, -0.1) is 0 Å². The zero-order chi connectivity index (χ0) is 21.4. The molecule has 0 saturated heterocycles. The molecular formula is C20H23N3O5S. The van der Waals surface area contributed by atoms with Crippen LogP contribution in [0.15, 0.2) is 42.5 Å². The van der Waals surface area contributed by atoms with Gasteiger partial charge in [-0.1, -0.05) is 6.07 Å². The van der Waals surface area contributed by atoms with Crippen molar-refractivity contribution >= 4 is 21.6 Å². The number of ether oxygens (including phenoxy) is 2. The molecule has 1 atom stereocenters. The smallest absolute Gasteiger partial charge is 0.260 e. The van der Waals surface area contributed by atoms with Crippen molar-refractivity contribution in [3.63, 3.8) is 0 Å². The Morgan fingerprint density at radius 3 is 2.24 bits per heavy atom. The normalized spacial score (nSPS) is 11.8. The summed E-state index contributed by atoms with van der Waals surface area (Å²) in [7, 11) is -3.75. The topological polar surface area (TPSA) is 118 Å². The number of hydrogen-bond acceptors (Lipinski definition) is 7. The molecule has 0 fully saturated rings. The van der Waals surface area contributed by atoms with Crippen LogP contribution in [-0.4, -0.2) is 33.8 Å². The molecule has 0 bridgehead atoms. The monoisotopic (exact) mass is 417 g/mol. The van der Waals surface area contributed by atoms with Gasteiger partial charge in [-0.2, -0.15) is 5.26 Å². The molecular weight excluding hydrogens is 394 g/mol. The number of sulfonamides is 1. The molecule has 29 heavy (non-hydrogen) atoms. The van der Waals surface area contributed by atoms with Crippen molar-refractivity contribution < 1.29 is 22.7 Å². The van der Waals surface area contributed by atoms with Crippen LogP contribution in [-0.2, 0) is 14.8 Å². The van der Waals surface area contributed by atoms with Crippen molar-refractivity contribution in [2.45, 2.75) is 19.9 Å². The summed E-state index contributed by atoms with van der Waals surface area (Å²) in [4.78, 5) is 12.7. The summed E-state index contributed by atoms with van der Waals surface area (Å²) < 4.78 is 36.3. The minimum atomic E-state index is -3.75. The van der Waals surface area contributed by atoms with Crippen LogP contribution >= 0.6 is 0 Å². The maximum Gasteiger partial charge on any atom is 0.260 e. The SMILES string of the molecule is CCOc1ccc(C(Nc2ccc(C#N)cc2)C(=O)NS(C)(=O)=O)cc1OCC. The molecule has 1 unspecified atom stereocenters. The van der Waals surface area contributed by atoms with Gasteiger partial charge in [0.15, 0.2) is 11.5 Å². The van der Waals surface area contributed by atoms with Gasteiger partial charge in [0, 0.05) is 5.69 Å². The summed E-state index contributed by atoms with van der Waals surface area (Å²) in [6.07, 6.45) is 0.910. The molecule has 0 aliphatic carbocycles. The highest BCUT2D eigenvalue weighted by molar-refractivity contribution is 7.89. The summed E-state index contributed by atoms with van der Waals surface area (Å²) in [5.74, 6) is 0.229. The van der Waals surface area contributed by atoms with Crippen LogP contribution < -0.4 is 19.5 Å². The third-order valence-electron chi connectivity index (χ3n) is 3.77. The van der Waals surface area contributed by atoms with Gasteiger partial charge in [-0.25, -0.2) is 8.42 Å². The van der Waals surface area contributed by atoms with Crippen molar-refractivity contribution in [1.29, 1.82) is 5.26 Å². The van der Waals surface area contributed by atoms with Gasteiger partial charge in [-0.05, 0) is 55.8 Å². The fraction of sp³-hybridized carbons (Fsp3) is 0.300. The fourth-order valence-corrected chi connectivity index (χ4v) is 3.08. The predicted octanol–water partition coefficient (Wildman–Crippen LogP) is 2.58. The lowest BCUT2D eigenvalue weighted by atomic mass is 10.0. The predicted molar refractivity (Wildman–Crippen MR) is 109 cm³/mol. The van der Waals surface area contributed by atoms with Crippen LogP contribution in [0.1, 0.15) is 31.0 Å². The first-order valence-electron chi connectivity index (χ1n) is 8.95. The maximum absolute atomic E-state index is 12.7. The molecule has 1 amide bonds. The standard InChI is InChI=1S/C20H23N3O5S/c1-4-27-17-11-8-15(12-18(17)28-5-2)19(20(24)23-29(3,25)26)22-16-9-6-14(13-21)7-10-16/h6-12,19,22H,4-5H2,1-3H3,(H,23,24).